The molecule has 2 aromatic rings. The van der Waals surface area contributed by atoms with Crippen LogP contribution in [0.3, 0.4) is 0 Å². The fourth-order valence-electron chi connectivity index (χ4n) is 3.27. The first-order valence-corrected chi connectivity index (χ1v) is 10.3. The maximum Gasteiger partial charge on any atom is 0.343 e. The summed E-state index contributed by atoms with van der Waals surface area (Å²) < 4.78 is 6.05. The zero-order valence-corrected chi connectivity index (χ0v) is 18.6. The van der Waals surface area contributed by atoms with Crippen LogP contribution >= 0.6 is 11.6 Å². The number of pyridine rings is 1. The Morgan fingerprint density at radius 3 is 2.38 bits per heavy atom. The highest BCUT2D eigenvalue weighted by Gasteiger charge is 2.24. The average molecular weight is 420 g/mol. The van der Waals surface area contributed by atoms with Crippen LogP contribution in [-0.2, 0) is 0 Å². The Hall–Kier alpha value is -2.31. The van der Waals surface area contributed by atoms with E-state index in [9.17, 15) is 9.90 Å². The molecule has 0 radical (unpaired) electrons. The summed E-state index contributed by atoms with van der Waals surface area (Å²) in [6, 6.07) is 5.39. The number of halogens is 1. The topological polar surface area (TPSA) is 74.7 Å². The average Bonchev–Trinajstić information content (AvgIpc) is 2.64. The lowest BCUT2D eigenvalue weighted by atomic mass is 10.1. The van der Waals surface area contributed by atoms with Crippen molar-refractivity contribution in [2.24, 2.45) is 0 Å². The lowest BCUT2D eigenvalue weighted by Gasteiger charge is -2.26. The molecule has 2 N–H and O–H groups in total. The van der Waals surface area contributed by atoms with E-state index in [0.29, 0.717) is 35.2 Å². The second-order valence-corrected chi connectivity index (χ2v) is 7.50. The number of anilines is 1. The van der Waals surface area contributed by atoms with Crippen LogP contribution in [0.1, 0.15) is 47.4 Å². The second-order valence-electron chi connectivity index (χ2n) is 7.07. The number of carbonyl (C=O) groups is 1. The molecule has 0 aliphatic rings. The molecule has 0 unspecified atom stereocenters. The van der Waals surface area contributed by atoms with E-state index in [1.165, 1.54) is 0 Å². The Balaban J connectivity index is 2.47. The Morgan fingerprint density at radius 1 is 1.17 bits per heavy atom. The lowest BCUT2D eigenvalue weighted by molar-refractivity contribution is 0.0694. The van der Waals surface area contributed by atoms with E-state index in [1.807, 2.05) is 32.6 Å². The van der Waals surface area contributed by atoms with Crippen molar-refractivity contribution in [2.45, 2.75) is 41.0 Å². The van der Waals surface area contributed by atoms with Gasteiger partial charge in [0.25, 0.3) is 0 Å². The number of aryl methyl sites for hydroxylation is 3. The van der Waals surface area contributed by atoms with Gasteiger partial charge in [-0.2, -0.15) is 0 Å². The number of aromatic nitrogens is 1. The zero-order valence-electron chi connectivity index (χ0n) is 17.8. The molecular formula is C22H30ClN3O3. The van der Waals surface area contributed by atoms with Gasteiger partial charge in [0, 0.05) is 30.4 Å². The summed E-state index contributed by atoms with van der Waals surface area (Å²) in [7, 11) is 0. The number of benzene rings is 1. The zero-order chi connectivity index (χ0) is 21.6. The first-order chi connectivity index (χ1) is 13.8. The molecule has 0 fully saturated rings. The van der Waals surface area contributed by atoms with E-state index in [0.717, 1.165) is 30.6 Å². The number of hydrogen-bond acceptors (Lipinski definition) is 5. The predicted molar refractivity (Wildman–Crippen MR) is 118 cm³/mol. The van der Waals surface area contributed by atoms with Gasteiger partial charge < -0.3 is 20.1 Å². The fourth-order valence-corrected chi connectivity index (χ4v) is 3.60. The van der Waals surface area contributed by atoms with E-state index in [1.54, 1.807) is 18.2 Å². The molecule has 7 heteroatoms. The van der Waals surface area contributed by atoms with E-state index in [-0.39, 0.29) is 11.4 Å². The van der Waals surface area contributed by atoms with Crippen molar-refractivity contribution in [1.82, 2.24) is 10.3 Å². The molecule has 29 heavy (non-hydrogen) atoms. The quantitative estimate of drug-likeness (QED) is 0.529. The van der Waals surface area contributed by atoms with Crippen LogP contribution in [0.5, 0.6) is 11.6 Å². The molecule has 0 amide bonds. The van der Waals surface area contributed by atoms with E-state index in [2.05, 4.69) is 17.2 Å². The van der Waals surface area contributed by atoms with Crippen molar-refractivity contribution in [3.63, 3.8) is 0 Å². The molecule has 6 nitrogen and oxygen atoms in total. The molecule has 0 aliphatic carbocycles. The molecule has 0 saturated heterocycles. The van der Waals surface area contributed by atoms with Crippen LogP contribution in [0.4, 0.5) is 5.69 Å². The van der Waals surface area contributed by atoms with E-state index in [4.69, 9.17) is 16.3 Å². The number of ether oxygens (including phenoxy) is 1. The molecule has 0 bridgehead atoms. The van der Waals surface area contributed by atoms with Crippen molar-refractivity contribution in [1.29, 1.82) is 0 Å². The maximum absolute atomic E-state index is 12.2. The third-order valence-electron chi connectivity index (χ3n) is 4.64. The summed E-state index contributed by atoms with van der Waals surface area (Å²) in [6.07, 6.45) is 1.05. The number of rotatable bonds is 10. The van der Waals surface area contributed by atoms with Gasteiger partial charge in [0.2, 0.25) is 5.88 Å². The van der Waals surface area contributed by atoms with Crippen molar-refractivity contribution in [3.05, 3.63) is 45.6 Å². The molecule has 0 spiro atoms. The highest BCUT2D eigenvalue weighted by atomic mass is 35.5. The monoisotopic (exact) mass is 419 g/mol. The Bertz CT molecular complexity index is 848. The highest BCUT2D eigenvalue weighted by Crippen LogP contribution is 2.35. The maximum atomic E-state index is 12.2. The Kier molecular flexibility index (Phi) is 8.29. The Labute approximate surface area is 177 Å². The number of carboxylic acids is 1. The van der Waals surface area contributed by atoms with Crippen molar-refractivity contribution in [3.8, 4) is 11.6 Å². The van der Waals surface area contributed by atoms with Gasteiger partial charge in [0.05, 0.1) is 5.69 Å². The van der Waals surface area contributed by atoms with E-state index < -0.39 is 5.97 Å². The summed E-state index contributed by atoms with van der Waals surface area (Å²) in [5.74, 6) is -0.388. The minimum absolute atomic E-state index is 0.0710. The third-order valence-corrected chi connectivity index (χ3v) is 4.86. The number of likely N-dealkylation sites (N-methyl/N-ethyl adjacent to an activating group) is 1. The van der Waals surface area contributed by atoms with Crippen LogP contribution in [-0.4, -0.2) is 42.2 Å². The van der Waals surface area contributed by atoms with Gasteiger partial charge in [-0.25, -0.2) is 9.78 Å². The minimum Gasteiger partial charge on any atom is -0.477 e. The summed E-state index contributed by atoms with van der Waals surface area (Å²) in [5, 5.41) is 13.9. The minimum atomic E-state index is -1.06. The molecular weight excluding hydrogens is 390 g/mol. The number of carboxylic acid groups (broad SMARTS) is 1. The number of nitrogens with one attached hydrogen (secondary N) is 1. The van der Waals surface area contributed by atoms with Crippen LogP contribution < -0.4 is 15.0 Å². The molecule has 2 rings (SSSR count). The normalized spacial score (nSPS) is 10.8. The molecule has 0 saturated carbocycles. The Morgan fingerprint density at radius 2 is 1.83 bits per heavy atom. The molecule has 0 aliphatic heterocycles. The van der Waals surface area contributed by atoms with Crippen molar-refractivity contribution < 1.29 is 14.6 Å². The fraction of sp³-hybridized carbons (Fsp3) is 0.455. The smallest absolute Gasteiger partial charge is 0.343 e. The summed E-state index contributed by atoms with van der Waals surface area (Å²) in [6.45, 7) is 12.8. The van der Waals surface area contributed by atoms with Crippen LogP contribution in [0.25, 0.3) is 0 Å². The molecule has 1 aromatic carbocycles. The van der Waals surface area contributed by atoms with Crippen molar-refractivity contribution >= 4 is 23.3 Å². The SMILES string of the molecule is CCCNCCN(CC)c1cc(C)nc(Oc2c(C)cc(Cl)cc2C)c1C(=O)O. The number of aromatic carboxylic acids is 1. The second kappa shape index (κ2) is 10.5. The van der Waals surface area contributed by atoms with Gasteiger partial charge in [0.1, 0.15) is 11.3 Å². The van der Waals surface area contributed by atoms with Crippen LogP contribution in [0, 0.1) is 20.8 Å². The first-order valence-electron chi connectivity index (χ1n) is 9.93. The van der Waals surface area contributed by atoms with Gasteiger partial charge in [-0.1, -0.05) is 18.5 Å². The van der Waals surface area contributed by atoms with Crippen LogP contribution in [0.15, 0.2) is 18.2 Å². The van der Waals surface area contributed by atoms with E-state index >= 15 is 0 Å². The van der Waals surface area contributed by atoms with Crippen molar-refractivity contribution in [2.75, 3.05) is 31.1 Å². The molecule has 0 atom stereocenters. The first kappa shape index (κ1) is 23.0. The van der Waals surface area contributed by atoms with Gasteiger partial charge in [-0.3, -0.25) is 0 Å². The molecule has 1 heterocycles. The predicted octanol–water partition coefficient (Wildman–Crippen LogP) is 4.98. The van der Waals surface area contributed by atoms with Gasteiger partial charge in [0.15, 0.2) is 0 Å². The largest absolute Gasteiger partial charge is 0.477 e. The molecule has 1 aromatic heterocycles. The van der Waals surface area contributed by atoms with Gasteiger partial charge in [-0.05, 0) is 70.0 Å². The van der Waals surface area contributed by atoms with Gasteiger partial charge >= 0.3 is 5.97 Å². The van der Waals surface area contributed by atoms with Gasteiger partial charge in [-0.15, -0.1) is 0 Å². The van der Waals surface area contributed by atoms with Crippen LogP contribution in [0.2, 0.25) is 5.02 Å². The summed E-state index contributed by atoms with van der Waals surface area (Å²) in [4.78, 5) is 18.6. The number of hydrogen-bond donors (Lipinski definition) is 2. The highest BCUT2D eigenvalue weighted by molar-refractivity contribution is 6.30. The lowest BCUT2D eigenvalue weighted by Crippen LogP contribution is -2.33. The third kappa shape index (κ3) is 5.84. The number of nitrogens with zero attached hydrogens (tertiary/aromatic N) is 2. The standard InChI is InChI=1S/C22H30ClN3O3/c1-6-8-24-9-10-26(7-2)18-13-16(5)25-21(19(18)22(27)28)29-20-14(3)11-17(23)12-15(20)4/h11-13,24H,6-10H2,1-5H3,(H,27,28). The summed E-state index contributed by atoms with van der Waals surface area (Å²) in [5.41, 5.74) is 3.04. The molecule has 158 valence electrons. The summed E-state index contributed by atoms with van der Waals surface area (Å²) >= 11 is 6.11.